The quantitative estimate of drug-likeness (QED) is 0.259. The fourth-order valence-corrected chi connectivity index (χ4v) is 1.39. The fourth-order valence-electron chi connectivity index (χ4n) is 1.39. The van der Waals surface area contributed by atoms with Crippen LogP contribution in [0, 0.1) is 5.92 Å². The van der Waals surface area contributed by atoms with Gasteiger partial charge >= 0.3 is 5.97 Å². The number of rotatable bonds is 9. The van der Waals surface area contributed by atoms with Crippen molar-refractivity contribution in [3.63, 3.8) is 0 Å². The fraction of sp³-hybridized carbons (Fsp3) is 0.667. The lowest BCUT2D eigenvalue weighted by atomic mass is 10.0. The van der Waals surface area contributed by atoms with E-state index in [9.17, 15) is 19.2 Å². The van der Waals surface area contributed by atoms with Crippen molar-refractivity contribution >= 4 is 23.7 Å². The Balaban J connectivity index is 4.46. The molecule has 0 heterocycles. The molecular weight excluding hydrogens is 296 g/mol. The molecule has 0 bridgehead atoms. The normalized spacial score (nSPS) is 13.1. The lowest BCUT2D eigenvalue weighted by Crippen LogP contribution is -2.55. The minimum atomic E-state index is -1.20. The summed E-state index contributed by atoms with van der Waals surface area (Å²) in [5, 5.41) is 23.9. The molecule has 3 amide bonds. The first-order valence-electron chi connectivity index (χ1n) is 6.62. The number of amides is 3. The highest BCUT2D eigenvalue weighted by atomic mass is 16.4. The summed E-state index contributed by atoms with van der Waals surface area (Å²) >= 11 is 0. The summed E-state index contributed by atoms with van der Waals surface area (Å²) in [4.78, 5) is 45.1. The van der Waals surface area contributed by atoms with E-state index in [-0.39, 0.29) is 5.92 Å². The maximum atomic E-state index is 11.9. The van der Waals surface area contributed by atoms with Crippen molar-refractivity contribution in [1.82, 2.24) is 16.0 Å². The first-order chi connectivity index (χ1) is 10.2. The summed E-state index contributed by atoms with van der Waals surface area (Å²) in [6.45, 7) is 1.83. The lowest BCUT2D eigenvalue weighted by Gasteiger charge is -2.22. The summed E-state index contributed by atoms with van der Waals surface area (Å²) in [6, 6.07) is -2.08. The van der Waals surface area contributed by atoms with Crippen LogP contribution in [-0.2, 0) is 19.2 Å². The average molecular weight is 318 g/mol. The lowest BCUT2D eigenvalue weighted by molar-refractivity contribution is -0.138. The van der Waals surface area contributed by atoms with Gasteiger partial charge in [-0.15, -0.1) is 0 Å². The topological polar surface area (TPSA) is 171 Å². The van der Waals surface area contributed by atoms with Crippen LogP contribution in [0.3, 0.4) is 0 Å². The van der Waals surface area contributed by atoms with E-state index in [0.29, 0.717) is 0 Å². The second-order valence-corrected chi connectivity index (χ2v) is 4.91. The predicted molar refractivity (Wildman–Crippen MR) is 75.5 cm³/mol. The molecule has 10 nitrogen and oxygen atoms in total. The van der Waals surface area contributed by atoms with Gasteiger partial charge in [0.2, 0.25) is 17.7 Å². The zero-order valence-corrected chi connectivity index (χ0v) is 12.5. The van der Waals surface area contributed by atoms with Crippen molar-refractivity contribution < 1.29 is 29.4 Å². The van der Waals surface area contributed by atoms with Gasteiger partial charge in [-0.2, -0.15) is 0 Å². The molecule has 0 aliphatic heterocycles. The molecule has 0 spiro atoms. The van der Waals surface area contributed by atoms with Gasteiger partial charge in [0.15, 0.2) is 0 Å². The maximum absolute atomic E-state index is 11.9. The molecule has 0 saturated carbocycles. The maximum Gasteiger partial charge on any atom is 0.322 e. The Bertz CT molecular complexity index is 426. The number of aliphatic carboxylic acids is 1. The minimum absolute atomic E-state index is 0.281. The average Bonchev–Trinajstić information content (AvgIpc) is 2.46. The van der Waals surface area contributed by atoms with Crippen LogP contribution < -0.4 is 21.7 Å². The van der Waals surface area contributed by atoms with E-state index in [2.05, 4.69) is 16.0 Å². The van der Waals surface area contributed by atoms with E-state index in [1.54, 1.807) is 13.8 Å². The second kappa shape index (κ2) is 9.68. The molecule has 0 aromatic rings. The van der Waals surface area contributed by atoms with E-state index in [4.69, 9.17) is 15.9 Å². The number of hydrogen-bond donors (Lipinski definition) is 6. The number of nitrogens with one attached hydrogen (secondary N) is 3. The molecule has 0 aromatic carbocycles. The predicted octanol–water partition coefficient (Wildman–Crippen LogP) is -3.24. The van der Waals surface area contributed by atoms with E-state index >= 15 is 0 Å². The van der Waals surface area contributed by atoms with E-state index in [1.807, 2.05) is 0 Å². The van der Waals surface area contributed by atoms with Gasteiger partial charge in [0.25, 0.3) is 0 Å². The summed E-state index contributed by atoms with van der Waals surface area (Å²) in [7, 11) is 0. The number of hydrogen-bond acceptors (Lipinski definition) is 6. The highest BCUT2D eigenvalue weighted by Gasteiger charge is 2.26. The molecule has 0 aromatic heterocycles. The molecular formula is C12H22N4O6. The van der Waals surface area contributed by atoms with Crippen molar-refractivity contribution in [3.8, 4) is 0 Å². The standard InChI is InChI=1S/C12H22N4O6/c1-6(2)10(16-11(21)7(13)5-17)12(22)15-3-8(18)14-4-9(19)20/h6-7,10,17H,3-5,13H2,1-2H3,(H,14,18)(H,15,22)(H,16,21)(H,19,20). The Kier molecular flexibility index (Phi) is 8.72. The van der Waals surface area contributed by atoms with Gasteiger partial charge in [-0.3, -0.25) is 19.2 Å². The van der Waals surface area contributed by atoms with Gasteiger partial charge in [-0.05, 0) is 5.92 Å². The summed E-state index contributed by atoms with van der Waals surface area (Å²) in [6.07, 6.45) is 0. The number of nitrogens with two attached hydrogens (primary N) is 1. The zero-order valence-electron chi connectivity index (χ0n) is 12.5. The van der Waals surface area contributed by atoms with Gasteiger partial charge in [-0.25, -0.2) is 0 Å². The number of aliphatic hydroxyl groups is 1. The first kappa shape index (κ1) is 19.8. The SMILES string of the molecule is CC(C)C(NC(=O)C(N)CO)C(=O)NCC(=O)NCC(=O)O. The van der Waals surface area contributed by atoms with Gasteiger partial charge in [0.1, 0.15) is 18.6 Å². The largest absolute Gasteiger partial charge is 0.480 e. The molecule has 2 atom stereocenters. The van der Waals surface area contributed by atoms with Crippen molar-refractivity contribution in [2.45, 2.75) is 25.9 Å². The third-order valence-corrected chi connectivity index (χ3v) is 2.64. The molecule has 0 saturated heterocycles. The summed E-state index contributed by atoms with van der Waals surface area (Å²) < 4.78 is 0. The van der Waals surface area contributed by atoms with Crippen molar-refractivity contribution in [1.29, 1.82) is 0 Å². The Morgan fingerprint density at radius 1 is 1.05 bits per heavy atom. The third-order valence-electron chi connectivity index (χ3n) is 2.64. The van der Waals surface area contributed by atoms with Crippen molar-refractivity contribution in [2.75, 3.05) is 19.7 Å². The molecule has 10 heteroatoms. The van der Waals surface area contributed by atoms with Crippen LogP contribution in [-0.4, -0.2) is 65.7 Å². The van der Waals surface area contributed by atoms with Crippen molar-refractivity contribution in [2.24, 2.45) is 11.7 Å². The number of carbonyl (C=O) groups is 4. The molecule has 0 aliphatic rings. The van der Waals surface area contributed by atoms with Crippen molar-refractivity contribution in [3.05, 3.63) is 0 Å². The Hall–Kier alpha value is -2.20. The summed E-state index contributed by atoms with van der Waals surface area (Å²) in [5.41, 5.74) is 5.34. The highest BCUT2D eigenvalue weighted by molar-refractivity contribution is 5.92. The Labute approximate surface area is 127 Å². The number of aliphatic hydroxyl groups excluding tert-OH is 1. The number of carboxylic acid groups (broad SMARTS) is 1. The van der Waals surface area contributed by atoms with Crippen LogP contribution in [0.5, 0.6) is 0 Å². The molecule has 2 unspecified atom stereocenters. The second-order valence-electron chi connectivity index (χ2n) is 4.91. The smallest absolute Gasteiger partial charge is 0.322 e. The van der Waals surface area contributed by atoms with E-state index in [0.717, 1.165) is 0 Å². The van der Waals surface area contributed by atoms with Gasteiger partial charge in [0, 0.05) is 0 Å². The van der Waals surface area contributed by atoms with Gasteiger partial charge in [-0.1, -0.05) is 13.8 Å². The molecule has 7 N–H and O–H groups in total. The van der Waals surface area contributed by atoms with E-state index in [1.165, 1.54) is 0 Å². The van der Waals surface area contributed by atoms with E-state index < -0.39 is 55.5 Å². The monoisotopic (exact) mass is 318 g/mol. The number of carbonyl (C=O) groups excluding carboxylic acids is 3. The minimum Gasteiger partial charge on any atom is -0.480 e. The van der Waals surface area contributed by atoms with Crippen LogP contribution in [0.15, 0.2) is 0 Å². The highest BCUT2D eigenvalue weighted by Crippen LogP contribution is 2.02. The Morgan fingerprint density at radius 3 is 2.09 bits per heavy atom. The van der Waals surface area contributed by atoms with Gasteiger partial charge < -0.3 is 31.9 Å². The van der Waals surface area contributed by atoms with Crippen LogP contribution in [0.1, 0.15) is 13.8 Å². The third kappa shape index (κ3) is 7.55. The molecule has 126 valence electrons. The first-order valence-corrected chi connectivity index (χ1v) is 6.62. The number of carboxylic acids is 1. The molecule has 22 heavy (non-hydrogen) atoms. The van der Waals surface area contributed by atoms with Crippen LogP contribution in [0.2, 0.25) is 0 Å². The molecule has 0 aliphatic carbocycles. The van der Waals surface area contributed by atoms with Crippen LogP contribution in [0.25, 0.3) is 0 Å². The molecule has 0 rings (SSSR count). The van der Waals surface area contributed by atoms with Crippen LogP contribution >= 0.6 is 0 Å². The molecule has 0 radical (unpaired) electrons. The van der Waals surface area contributed by atoms with Crippen LogP contribution in [0.4, 0.5) is 0 Å². The van der Waals surface area contributed by atoms with Gasteiger partial charge in [0.05, 0.1) is 13.2 Å². The zero-order chi connectivity index (χ0) is 17.3. The molecule has 0 fully saturated rings. The summed E-state index contributed by atoms with van der Waals surface area (Å²) in [5.74, 6) is -3.45. The Morgan fingerprint density at radius 2 is 1.64 bits per heavy atom.